The van der Waals surface area contributed by atoms with Gasteiger partial charge in [-0.2, -0.15) is 0 Å². The number of aryl methyl sites for hydroxylation is 1. The Balaban J connectivity index is 1.61. The monoisotopic (exact) mass is 572 g/mol. The van der Waals surface area contributed by atoms with E-state index in [-0.39, 0.29) is 10.8 Å². The van der Waals surface area contributed by atoms with Gasteiger partial charge >= 0.3 is 0 Å². The summed E-state index contributed by atoms with van der Waals surface area (Å²) in [6, 6.07) is 16.5. The predicted molar refractivity (Wildman–Crippen MR) is 154 cm³/mol. The molecule has 1 heterocycles. The van der Waals surface area contributed by atoms with Gasteiger partial charge in [0.1, 0.15) is 11.3 Å². The first-order valence-electron chi connectivity index (χ1n) is 11.9. The molecular weight excluding hydrogens is 544 g/mol. The number of rotatable bonds is 10. The largest absolute Gasteiger partial charge is 0.494 e. The maximum atomic E-state index is 13.7. The molecule has 0 aliphatic carbocycles. The minimum absolute atomic E-state index is 0.167. The van der Waals surface area contributed by atoms with E-state index in [2.05, 4.69) is 9.62 Å². The quantitative estimate of drug-likeness (QED) is 0.263. The normalized spacial score (nSPS) is 11.6. The molecule has 11 heteroatoms. The Bertz CT molecular complexity index is 1540. The van der Waals surface area contributed by atoms with Crippen LogP contribution in [-0.2, 0) is 10.0 Å². The fraction of sp³-hybridized carbons (Fsp3) is 0.259. The number of aromatic nitrogens is 1. The number of fused-ring (bicyclic) bond motifs is 1. The fourth-order valence-electron chi connectivity index (χ4n) is 3.82. The summed E-state index contributed by atoms with van der Waals surface area (Å²) in [4.78, 5) is 22.2. The lowest BCUT2D eigenvalue weighted by molar-refractivity contribution is 0.0986. The van der Waals surface area contributed by atoms with Gasteiger partial charge in [0.15, 0.2) is 5.13 Å². The molecule has 0 saturated carbocycles. The van der Waals surface area contributed by atoms with Crippen LogP contribution in [0.4, 0.5) is 10.8 Å². The van der Waals surface area contributed by atoms with Crippen LogP contribution < -0.4 is 14.4 Å². The number of benzene rings is 3. The van der Waals surface area contributed by atoms with Crippen LogP contribution in [0.5, 0.6) is 5.75 Å². The number of carbonyl (C=O) groups is 1. The van der Waals surface area contributed by atoms with Crippen LogP contribution in [-0.4, -0.2) is 58.5 Å². The standard InChI is InChI=1S/C27H29ClN4O4S2/c1-18-6-12-21(13-7-18)38(34,35)30-20-10-8-19(9-11-20)26(33)32(17-5-16-31(2)3)27-29-24-23(36-4)15-14-22(28)25(24)37-27/h6-15,30H,5,16-17H2,1-4H3. The molecule has 0 atom stereocenters. The van der Waals surface area contributed by atoms with Crippen molar-refractivity contribution in [2.75, 3.05) is 43.9 Å². The van der Waals surface area contributed by atoms with Crippen LogP contribution in [0.25, 0.3) is 10.2 Å². The van der Waals surface area contributed by atoms with Crippen molar-refractivity contribution in [3.05, 3.63) is 76.8 Å². The first-order chi connectivity index (χ1) is 18.1. The highest BCUT2D eigenvalue weighted by molar-refractivity contribution is 7.92. The molecule has 0 bridgehead atoms. The van der Waals surface area contributed by atoms with E-state index in [0.29, 0.717) is 39.2 Å². The van der Waals surface area contributed by atoms with Gasteiger partial charge in [-0.05, 0) is 82.5 Å². The van der Waals surface area contributed by atoms with Gasteiger partial charge in [0.2, 0.25) is 0 Å². The third-order valence-corrected chi connectivity index (χ3v) is 8.78. The van der Waals surface area contributed by atoms with Crippen molar-refractivity contribution in [2.24, 2.45) is 0 Å². The summed E-state index contributed by atoms with van der Waals surface area (Å²) in [5, 5.41) is 1.05. The highest BCUT2D eigenvalue weighted by Gasteiger charge is 2.23. The molecule has 4 rings (SSSR count). The van der Waals surface area contributed by atoms with Crippen LogP contribution in [0.3, 0.4) is 0 Å². The smallest absolute Gasteiger partial charge is 0.261 e. The van der Waals surface area contributed by atoms with Gasteiger partial charge < -0.3 is 9.64 Å². The summed E-state index contributed by atoms with van der Waals surface area (Å²) < 4.78 is 34.2. The van der Waals surface area contributed by atoms with Crippen molar-refractivity contribution in [3.63, 3.8) is 0 Å². The number of thiazole rings is 1. The number of sulfonamides is 1. The molecule has 0 aliphatic rings. The second-order valence-electron chi connectivity index (χ2n) is 9.03. The number of ether oxygens (including phenoxy) is 1. The Labute approximate surface area is 231 Å². The number of nitrogens with zero attached hydrogens (tertiary/aromatic N) is 3. The molecule has 0 radical (unpaired) electrons. The average molecular weight is 573 g/mol. The van der Waals surface area contributed by atoms with Crippen LogP contribution in [0.2, 0.25) is 5.02 Å². The van der Waals surface area contributed by atoms with E-state index in [1.165, 1.54) is 11.3 Å². The third-order valence-electron chi connectivity index (χ3n) is 5.85. The summed E-state index contributed by atoms with van der Waals surface area (Å²) in [6.45, 7) is 3.12. The molecule has 0 saturated heterocycles. The number of amides is 1. The van der Waals surface area contributed by atoms with Gasteiger partial charge in [-0.15, -0.1) is 0 Å². The van der Waals surface area contributed by atoms with E-state index in [0.717, 1.165) is 23.2 Å². The second-order valence-corrected chi connectivity index (χ2v) is 12.1. The van der Waals surface area contributed by atoms with E-state index in [1.54, 1.807) is 72.7 Å². The number of methoxy groups -OCH3 is 1. The first-order valence-corrected chi connectivity index (χ1v) is 14.6. The number of hydrogen-bond acceptors (Lipinski definition) is 7. The summed E-state index contributed by atoms with van der Waals surface area (Å²) in [7, 11) is 1.77. The van der Waals surface area contributed by atoms with Crippen LogP contribution in [0.15, 0.2) is 65.6 Å². The van der Waals surface area contributed by atoms with Crippen molar-refractivity contribution in [2.45, 2.75) is 18.2 Å². The summed E-state index contributed by atoms with van der Waals surface area (Å²) in [5.74, 6) is 0.337. The number of halogens is 1. The summed E-state index contributed by atoms with van der Waals surface area (Å²) >= 11 is 7.75. The van der Waals surface area contributed by atoms with Gasteiger partial charge in [-0.3, -0.25) is 14.4 Å². The predicted octanol–water partition coefficient (Wildman–Crippen LogP) is 5.67. The van der Waals surface area contributed by atoms with Crippen molar-refractivity contribution < 1.29 is 17.9 Å². The van der Waals surface area contributed by atoms with Crippen LogP contribution >= 0.6 is 22.9 Å². The lowest BCUT2D eigenvalue weighted by Gasteiger charge is -2.21. The van der Waals surface area contributed by atoms with Crippen molar-refractivity contribution in [1.29, 1.82) is 0 Å². The molecular formula is C27H29ClN4O4S2. The van der Waals surface area contributed by atoms with E-state index in [1.807, 2.05) is 21.0 Å². The summed E-state index contributed by atoms with van der Waals surface area (Å²) in [6.07, 6.45) is 0.730. The highest BCUT2D eigenvalue weighted by atomic mass is 35.5. The van der Waals surface area contributed by atoms with Gasteiger partial charge in [0.05, 0.1) is 21.7 Å². The fourth-order valence-corrected chi connectivity index (χ4v) is 6.16. The Morgan fingerprint density at radius 2 is 1.71 bits per heavy atom. The minimum Gasteiger partial charge on any atom is -0.494 e. The zero-order chi connectivity index (χ0) is 27.4. The lowest BCUT2D eigenvalue weighted by Crippen LogP contribution is -2.33. The van der Waals surface area contributed by atoms with Crippen molar-refractivity contribution in [1.82, 2.24) is 9.88 Å². The first kappa shape index (κ1) is 27.8. The van der Waals surface area contributed by atoms with E-state index in [4.69, 9.17) is 21.3 Å². The third kappa shape index (κ3) is 6.27. The number of hydrogen-bond donors (Lipinski definition) is 1. The zero-order valence-corrected chi connectivity index (χ0v) is 24.0. The number of carbonyl (C=O) groups excluding carboxylic acids is 1. The number of nitrogens with one attached hydrogen (secondary N) is 1. The van der Waals surface area contributed by atoms with E-state index < -0.39 is 10.0 Å². The van der Waals surface area contributed by atoms with E-state index in [9.17, 15) is 13.2 Å². The minimum atomic E-state index is -3.75. The highest BCUT2D eigenvalue weighted by Crippen LogP contribution is 2.39. The molecule has 200 valence electrons. The molecule has 0 unspecified atom stereocenters. The number of anilines is 2. The molecule has 0 fully saturated rings. The molecule has 8 nitrogen and oxygen atoms in total. The average Bonchev–Trinajstić information content (AvgIpc) is 3.33. The van der Waals surface area contributed by atoms with Crippen LogP contribution in [0.1, 0.15) is 22.3 Å². The van der Waals surface area contributed by atoms with E-state index >= 15 is 0 Å². The maximum Gasteiger partial charge on any atom is 0.261 e. The second kappa shape index (κ2) is 11.7. The van der Waals surface area contributed by atoms with Crippen LogP contribution in [0, 0.1) is 6.92 Å². The van der Waals surface area contributed by atoms with Gasteiger partial charge in [-0.25, -0.2) is 13.4 Å². The Morgan fingerprint density at radius 1 is 1.03 bits per heavy atom. The summed E-state index contributed by atoms with van der Waals surface area (Å²) in [5.41, 5.74) is 2.34. The Hall–Kier alpha value is -3.18. The Kier molecular flexibility index (Phi) is 8.57. The molecule has 1 N–H and O–H groups in total. The molecule has 0 spiro atoms. The SMILES string of the molecule is COc1ccc(Cl)c2sc(N(CCCN(C)C)C(=O)c3ccc(NS(=O)(=O)c4ccc(C)cc4)cc3)nc12. The van der Waals surface area contributed by atoms with Gasteiger partial charge in [0, 0.05) is 17.8 Å². The molecule has 1 aromatic heterocycles. The van der Waals surface area contributed by atoms with Crippen molar-refractivity contribution in [3.8, 4) is 5.75 Å². The molecule has 4 aromatic rings. The molecule has 38 heavy (non-hydrogen) atoms. The Morgan fingerprint density at radius 3 is 2.34 bits per heavy atom. The van der Waals surface area contributed by atoms with Gasteiger partial charge in [-0.1, -0.05) is 40.6 Å². The molecule has 1 amide bonds. The lowest BCUT2D eigenvalue weighted by atomic mass is 10.2. The maximum absolute atomic E-state index is 13.7. The molecule has 0 aliphatic heterocycles. The topological polar surface area (TPSA) is 91.8 Å². The molecule has 3 aromatic carbocycles. The zero-order valence-electron chi connectivity index (χ0n) is 21.6. The van der Waals surface area contributed by atoms with Crippen molar-refractivity contribution >= 4 is 59.9 Å². The van der Waals surface area contributed by atoms with Gasteiger partial charge in [0.25, 0.3) is 15.9 Å².